The average Bonchev–Trinajstić information content (AvgIpc) is 3.32. The van der Waals surface area contributed by atoms with Crippen LogP contribution in [0.2, 0.25) is 0 Å². The van der Waals surface area contributed by atoms with Gasteiger partial charge >= 0.3 is 5.97 Å². The number of nitrogens with zero attached hydrogens (tertiary/aromatic N) is 2. The van der Waals surface area contributed by atoms with Gasteiger partial charge in [0.2, 0.25) is 5.88 Å². The Labute approximate surface area is 155 Å². The lowest BCUT2D eigenvalue weighted by molar-refractivity contribution is 0.0517. The van der Waals surface area contributed by atoms with E-state index in [2.05, 4.69) is 15.0 Å². The number of benzene rings is 1. The molecule has 1 aliphatic rings. The van der Waals surface area contributed by atoms with Crippen molar-refractivity contribution in [3.8, 4) is 17.3 Å². The van der Waals surface area contributed by atoms with E-state index < -0.39 is 5.97 Å². The topological polar surface area (TPSA) is 112 Å². The summed E-state index contributed by atoms with van der Waals surface area (Å²) in [4.78, 5) is 24.4. The number of anilines is 1. The zero-order valence-corrected chi connectivity index (χ0v) is 14.9. The highest BCUT2D eigenvalue weighted by molar-refractivity contribution is 5.98. The first-order chi connectivity index (χ1) is 13.2. The summed E-state index contributed by atoms with van der Waals surface area (Å²) in [6.07, 6.45) is 2.37. The molecule has 0 saturated carbocycles. The molecule has 0 amide bonds. The van der Waals surface area contributed by atoms with E-state index >= 15 is 0 Å². The second-order valence-corrected chi connectivity index (χ2v) is 6.18. The van der Waals surface area contributed by atoms with Gasteiger partial charge in [0.1, 0.15) is 11.9 Å². The molecular weight excluding hydrogens is 348 g/mol. The standard InChI is InChI=1S/C19H20N4O4/c1-2-26-19(24)15-16(20)22-17(23-18(15)27-11-7-9-25-10-11)13-4-3-5-14-12(13)6-8-21-14/h3-6,8,11,21H,2,7,9-10H2,1H3,(H2,20,22,23)/t11-/m0/s1. The highest BCUT2D eigenvalue weighted by atomic mass is 16.6. The number of hydrogen-bond acceptors (Lipinski definition) is 7. The highest BCUT2D eigenvalue weighted by Gasteiger charge is 2.27. The van der Waals surface area contributed by atoms with Crippen molar-refractivity contribution in [3.05, 3.63) is 36.0 Å². The Hall–Kier alpha value is -3.13. The molecule has 8 nitrogen and oxygen atoms in total. The number of H-pyrrole nitrogens is 1. The fourth-order valence-electron chi connectivity index (χ4n) is 3.10. The van der Waals surface area contributed by atoms with E-state index in [0.717, 1.165) is 22.9 Å². The van der Waals surface area contributed by atoms with Crippen LogP contribution in [0.5, 0.6) is 5.88 Å². The summed E-state index contributed by atoms with van der Waals surface area (Å²) >= 11 is 0. The summed E-state index contributed by atoms with van der Waals surface area (Å²) in [5.74, 6) is -0.0612. The van der Waals surface area contributed by atoms with Crippen molar-refractivity contribution in [2.24, 2.45) is 0 Å². The van der Waals surface area contributed by atoms with Crippen LogP contribution in [0.1, 0.15) is 23.7 Å². The molecule has 1 aliphatic heterocycles. The Kier molecular flexibility index (Phi) is 4.64. The molecule has 0 bridgehead atoms. The second-order valence-electron chi connectivity index (χ2n) is 6.18. The van der Waals surface area contributed by atoms with E-state index in [1.54, 1.807) is 6.92 Å². The quantitative estimate of drug-likeness (QED) is 0.666. The molecule has 1 aromatic carbocycles. The molecule has 0 aliphatic carbocycles. The third-order valence-corrected chi connectivity index (χ3v) is 4.39. The van der Waals surface area contributed by atoms with Gasteiger partial charge in [-0.15, -0.1) is 0 Å². The Morgan fingerprint density at radius 3 is 3.04 bits per heavy atom. The summed E-state index contributed by atoms with van der Waals surface area (Å²) in [5.41, 5.74) is 7.91. The zero-order chi connectivity index (χ0) is 18.8. The van der Waals surface area contributed by atoms with Gasteiger partial charge < -0.3 is 24.9 Å². The van der Waals surface area contributed by atoms with Crippen molar-refractivity contribution in [1.82, 2.24) is 15.0 Å². The minimum Gasteiger partial charge on any atom is -0.471 e. The predicted molar refractivity (Wildman–Crippen MR) is 99.5 cm³/mol. The Bertz CT molecular complexity index is 979. The lowest BCUT2D eigenvalue weighted by atomic mass is 10.1. The number of ether oxygens (including phenoxy) is 3. The van der Waals surface area contributed by atoms with E-state index in [-0.39, 0.29) is 30.0 Å². The maximum absolute atomic E-state index is 12.4. The van der Waals surface area contributed by atoms with E-state index in [9.17, 15) is 4.79 Å². The third kappa shape index (κ3) is 3.31. The van der Waals surface area contributed by atoms with Gasteiger partial charge in [-0.25, -0.2) is 9.78 Å². The molecule has 3 heterocycles. The highest BCUT2D eigenvalue weighted by Crippen LogP contribution is 2.31. The van der Waals surface area contributed by atoms with Crippen LogP contribution < -0.4 is 10.5 Å². The Balaban J connectivity index is 1.82. The first-order valence-corrected chi connectivity index (χ1v) is 8.83. The molecule has 1 atom stereocenters. The molecule has 3 N–H and O–H groups in total. The van der Waals surface area contributed by atoms with E-state index in [0.29, 0.717) is 19.0 Å². The van der Waals surface area contributed by atoms with Crippen molar-refractivity contribution in [3.63, 3.8) is 0 Å². The average molecular weight is 368 g/mol. The number of aromatic amines is 1. The van der Waals surface area contributed by atoms with Crippen molar-refractivity contribution in [1.29, 1.82) is 0 Å². The summed E-state index contributed by atoms with van der Waals surface area (Å²) < 4.78 is 16.4. The van der Waals surface area contributed by atoms with Gasteiger partial charge in [-0.05, 0) is 19.1 Å². The minimum atomic E-state index is -0.602. The second kappa shape index (κ2) is 7.24. The number of fused-ring (bicyclic) bond motifs is 1. The predicted octanol–water partition coefficient (Wildman–Crippen LogP) is 2.55. The SMILES string of the molecule is CCOC(=O)c1c(N)nc(-c2cccc3[nH]ccc23)nc1O[C@H]1CCOC1. The molecule has 4 rings (SSSR count). The van der Waals surface area contributed by atoms with E-state index in [4.69, 9.17) is 19.9 Å². The maximum Gasteiger partial charge on any atom is 0.347 e. The first-order valence-electron chi connectivity index (χ1n) is 8.83. The molecule has 27 heavy (non-hydrogen) atoms. The van der Waals surface area contributed by atoms with Crippen molar-refractivity contribution >= 4 is 22.7 Å². The van der Waals surface area contributed by atoms with Gasteiger partial charge in [-0.3, -0.25) is 0 Å². The minimum absolute atomic E-state index is 0.0277. The first kappa shape index (κ1) is 17.3. The summed E-state index contributed by atoms with van der Waals surface area (Å²) in [6.45, 7) is 2.99. The number of carbonyl (C=O) groups excluding carboxylic acids is 1. The zero-order valence-electron chi connectivity index (χ0n) is 14.9. The van der Waals surface area contributed by atoms with E-state index in [1.165, 1.54) is 0 Å². The van der Waals surface area contributed by atoms with Gasteiger partial charge in [0.25, 0.3) is 0 Å². The number of nitrogen functional groups attached to an aromatic ring is 1. The molecule has 140 valence electrons. The van der Waals surface area contributed by atoms with Crippen LogP contribution in [0.4, 0.5) is 5.82 Å². The van der Waals surface area contributed by atoms with Crippen LogP contribution in [-0.4, -0.2) is 46.8 Å². The van der Waals surface area contributed by atoms with Crippen LogP contribution in [0.25, 0.3) is 22.3 Å². The lowest BCUT2D eigenvalue weighted by Crippen LogP contribution is -2.21. The third-order valence-electron chi connectivity index (χ3n) is 4.39. The summed E-state index contributed by atoms with van der Waals surface area (Å²) in [7, 11) is 0. The normalized spacial score (nSPS) is 16.6. The van der Waals surface area contributed by atoms with E-state index in [1.807, 2.05) is 30.5 Å². The molecule has 1 saturated heterocycles. The van der Waals surface area contributed by atoms with Crippen LogP contribution >= 0.6 is 0 Å². The molecule has 2 aromatic heterocycles. The molecule has 1 fully saturated rings. The molecule has 0 spiro atoms. The smallest absolute Gasteiger partial charge is 0.347 e. The van der Waals surface area contributed by atoms with Crippen LogP contribution in [0.15, 0.2) is 30.5 Å². The number of nitrogens with two attached hydrogens (primary N) is 1. The number of esters is 1. The monoisotopic (exact) mass is 368 g/mol. The summed E-state index contributed by atoms with van der Waals surface area (Å²) in [5, 5.41) is 0.955. The Morgan fingerprint density at radius 1 is 1.37 bits per heavy atom. The van der Waals surface area contributed by atoms with Gasteiger partial charge in [0, 0.05) is 29.1 Å². The van der Waals surface area contributed by atoms with Gasteiger partial charge in [-0.1, -0.05) is 12.1 Å². The number of hydrogen-bond donors (Lipinski definition) is 2. The largest absolute Gasteiger partial charge is 0.471 e. The molecule has 8 heteroatoms. The Morgan fingerprint density at radius 2 is 2.26 bits per heavy atom. The molecular formula is C19H20N4O4. The van der Waals surface area contributed by atoms with Crippen LogP contribution in [-0.2, 0) is 9.47 Å². The lowest BCUT2D eigenvalue weighted by Gasteiger charge is -2.16. The van der Waals surface area contributed by atoms with Crippen LogP contribution in [0, 0.1) is 0 Å². The van der Waals surface area contributed by atoms with Crippen molar-refractivity contribution in [2.75, 3.05) is 25.6 Å². The molecule has 0 unspecified atom stereocenters. The van der Waals surface area contributed by atoms with Crippen LogP contribution in [0.3, 0.4) is 0 Å². The maximum atomic E-state index is 12.4. The number of rotatable bonds is 5. The number of aromatic nitrogens is 3. The number of carbonyl (C=O) groups is 1. The fraction of sp³-hybridized carbons (Fsp3) is 0.316. The number of nitrogens with one attached hydrogen (secondary N) is 1. The molecule has 3 aromatic rings. The fourth-order valence-corrected chi connectivity index (χ4v) is 3.10. The van der Waals surface area contributed by atoms with Gasteiger partial charge in [-0.2, -0.15) is 4.98 Å². The van der Waals surface area contributed by atoms with Gasteiger partial charge in [0.15, 0.2) is 11.4 Å². The molecule has 0 radical (unpaired) electrons. The summed E-state index contributed by atoms with van der Waals surface area (Å²) in [6, 6.07) is 7.70. The van der Waals surface area contributed by atoms with Crippen molar-refractivity contribution in [2.45, 2.75) is 19.4 Å². The van der Waals surface area contributed by atoms with Gasteiger partial charge in [0.05, 0.1) is 19.8 Å². The van der Waals surface area contributed by atoms with Crippen molar-refractivity contribution < 1.29 is 19.0 Å².